The van der Waals surface area contributed by atoms with E-state index in [4.69, 9.17) is 11.6 Å². The van der Waals surface area contributed by atoms with Gasteiger partial charge < -0.3 is 10.2 Å². The van der Waals surface area contributed by atoms with Gasteiger partial charge in [-0.1, -0.05) is 36.6 Å². The number of carbonyl (C=O) groups excluding carboxylic acids is 2. The summed E-state index contributed by atoms with van der Waals surface area (Å²) in [4.78, 5) is 26.1. The molecule has 120 valence electrons. The van der Waals surface area contributed by atoms with Gasteiger partial charge in [0.25, 0.3) is 0 Å². The minimum absolute atomic E-state index is 0.0680. The summed E-state index contributed by atoms with van der Waals surface area (Å²) in [6.45, 7) is 0. The molecule has 2 amide bonds. The SMILES string of the molecule is CN(C)C(=O)CC1(CC(=O)Nc2ccccc2Cl)CCCC1. The first-order valence-electron chi connectivity index (χ1n) is 7.66. The molecule has 1 aliphatic carbocycles. The lowest BCUT2D eigenvalue weighted by Crippen LogP contribution is -2.32. The number of anilines is 1. The van der Waals surface area contributed by atoms with Crippen LogP contribution in [0.1, 0.15) is 38.5 Å². The highest BCUT2D eigenvalue weighted by molar-refractivity contribution is 6.33. The van der Waals surface area contributed by atoms with Crippen molar-refractivity contribution in [3.8, 4) is 0 Å². The van der Waals surface area contributed by atoms with Crippen LogP contribution in [0.3, 0.4) is 0 Å². The largest absolute Gasteiger partial charge is 0.349 e. The quantitative estimate of drug-likeness (QED) is 0.898. The van der Waals surface area contributed by atoms with Gasteiger partial charge in [0.1, 0.15) is 0 Å². The zero-order valence-corrected chi connectivity index (χ0v) is 13.9. The Balaban J connectivity index is 2.03. The molecule has 5 heteroatoms. The Hall–Kier alpha value is -1.55. The molecule has 0 bridgehead atoms. The van der Waals surface area contributed by atoms with E-state index >= 15 is 0 Å². The standard InChI is InChI=1S/C17H23ClN2O2/c1-20(2)16(22)12-17(9-5-6-10-17)11-15(21)19-14-8-4-3-7-13(14)18/h3-4,7-8H,5-6,9-12H2,1-2H3,(H,19,21). The summed E-state index contributed by atoms with van der Waals surface area (Å²) in [6.07, 6.45) is 4.85. The number of amides is 2. The highest BCUT2D eigenvalue weighted by atomic mass is 35.5. The van der Waals surface area contributed by atoms with E-state index in [1.807, 2.05) is 12.1 Å². The topological polar surface area (TPSA) is 49.4 Å². The van der Waals surface area contributed by atoms with Crippen molar-refractivity contribution in [2.75, 3.05) is 19.4 Å². The maximum atomic E-state index is 12.4. The van der Waals surface area contributed by atoms with E-state index in [2.05, 4.69) is 5.32 Å². The van der Waals surface area contributed by atoms with Crippen LogP contribution in [0, 0.1) is 5.41 Å². The Morgan fingerprint density at radius 2 is 1.82 bits per heavy atom. The van der Waals surface area contributed by atoms with Gasteiger partial charge in [-0.25, -0.2) is 0 Å². The fourth-order valence-corrected chi connectivity index (χ4v) is 3.30. The van der Waals surface area contributed by atoms with Crippen molar-refractivity contribution in [3.63, 3.8) is 0 Å². The van der Waals surface area contributed by atoms with Crippen LogP contribution in [0.15, 0.2) is 24.3 Å². The van der Waals surface area contributed by atoms with Gasteiger partial charge >= 0.3 is 0 Å². The van der Waals surface area contributed by atoms with Crippen LogP contribution >= 0.6 is 11.6 Å². The molecule has 0 heterocycles. The smallest absolute Gasteiger partial charge is 0.224 e. The lowest BCUT2D eigenvalue weighted by molar-refractivity contribution is -0.131. The van der Waals surface area contributed by atoms with E-state index in [9.17, 15) is 9.59 Å². The van der Waals surface area contributed by atoms with Crippen LogP contribution < -0.4 is 5.32 Å². The molecule has 0 saturated heterocycles. The van der Waals surface area contributed by atoms with E-state index < -0.39 is 0 Å². The van der Waals surface area contributed by atoms with E-state index in [0.717, 1.165) is 25.7 Å². The molecule has 22 heavy (non-hydrogen) atoms. The van der Waals surface area contributed by atoms with Crippen molar-refractivity contribution in [2.24, 2.45) is 5.41 Å². The minimum atomic E-state index is -0.202. The molecular weight excluding hydrogens is 300 g/mol. The van der Waals surface area contributed by atoms with Gasteiger partial charge in [0.15, 0.2) is 0 Å². The van der Waals surface area contributed by atoms with Gasteiger partial charge in [-0.15, -0.1) is 0 Å². The van der Waals surface area contributed by atoms with Crippen LogP contribution in [0.5, 0.6) is 0 Å². The second-order valence-electron chi connectivity index (χ2n) is 6.38. The molecule has 0 aromatic heterocycles. The van der Waals surface area contributed by atoms with Gasteiger partial charge in [-0.2, -0.15) is 0 Å². The lowest BCUT2D eigenvalue weighted by atomic mass is 9.78. The molecule has 0 atom stereocenters. The van der Waals surface area contributed by atoms with Gasteiger partial charge in [-0.3, -0.25) is 9.59 Å². The number of carbonyl (C=O) groups is 2. The molecule has 1 aromatic carbocycles. The molecule has 0 spiro atoms. The molecule has 1 aliphatic rings. The van der Waals surface area contributed by atoms with E-state index in [1.165, 1.54) is 0 Å². The maximum absolute atomic E-state index is 12.4. The third-order valence-corrected chi connectivity index (χ3v) is 4.70. The van der Waals surface area contributed by atoms with E-state index in [1.54, 1.807) is 31.1 Å². The number of hydrogen-bond acceptors (Lipinski definition) is 2. The van der Waals surface area contributed by atoms with Gasteiger partial charge in [0.2, 0.25) is 11.8 Å². The number of rotatable bonds is 5. The summed E-state index contributed by atoms with van der Waals surface area (Å²) < 4.78 is 0. The number of para-hydroxylation sites is 1. The summed E-state index contributed by atoms with van der Waals surface area (Å²) in [6, 6.07) is 7.19. The zero-order chi connectivity index (χ0) is 16.2. The molecule has 1 N–H and O–H groups in total. The van der Waals surface area contributed by atoms with Crippen molar-refractivity contribution in [1.82, 2.24) is 4.90 Å². The van der Waals surface area contributed by atoms with Gasteiger partial charge in [0.05, 0.1) is 10.7 Å². The lowest BCUT2D eigenvalue weighted by Gasteiger charge is -2.29. The second kappa shape index (κ2) is 7.14. The van der Waals surface area contributed by atoms with Crippen LogP contribution in [-0.4, -0.2) is 30.8 Å². The Labute approximate surface area is 136 Å². The Kier molecular flexibility index (Phi) is 5.46. The first-order valence-corrected chi connectivity index (χ1v) is 8.04. The number of halogens is 1. The summed E-state index contributed by atoms with van der Waals surface area (Å²) in [7, 11) is 3.52. The number of nitrogens with zero attached hydrogens (tertiary/aromatic N) is 1. The molecule has 1 saturated carbocycles. The molecule has 2 rings (SSSR count). The molecule has 1 fully saturated rings. The first kappa shape index (κ1) is 16.8. The van der Waals surface area contributed by atoms with Crippen LogP contribution in [0.4, 0.5) is 5.69 Å². The highest BCUT2D eigenvalue weighted by Crippen LogP contribution is 2.44. The number of benzene rings is 1. The van der Waals surface area contributed by atoms with Crippen LogP contribution in [0.25, 0.3) is 0 Å². The predicted octanol–water partition coefficient (Wildman–Crippen LogP) is 3.71. The third-order valence-electron chi connectivity index (χ3n) is 4.37. The van der Waals surface area contributed by atoms with Crippen molar-refractivity contribution in [1.29, 1.82) is 0 Å². The highest BCUT2D eigenvalue weighted by Gasteiger charge is 2.38. The first-order chi connectivity index (χ1) is 10.4. The van der Waals surface area contributed by atoms with Gasteiger partial charge in [-0.05, 0) is 30.4 Å². The summed E-state index contributed by atoms with van der Waals surface area (Å²) in [5, 5.41) is 3.40. The predicted molar refractivity (Wildman–Crippen MR) is 88.9 cm³/mol. The molecule has 0 radical (unpaired) electrons. The normalized spacial score (nSPS) is 16.3. The Morgan fingerprint density at radius 1 is 1.18 bits per heavy atom. The average Bonchev–Trinajstić information content (AvgIpc) is 2.89. The van der Waals surface area contributed by atoms with Crippen molar-refractivity contribution >= 4 is 29.1 Å². The zero-order valence-electron chi connectivity index (χ0n) is 13.2. The van der Waals surface area contributed by atoms with E-state index in [0.29, 0.717) is 23.6 Å². The van der Waals surface area contributed by atoms with Crippen molar-refractivity contribution in [3.05, 3.63) is 29.3 Å². The molecule has 1 aromatic rings. The maximum Gasteiger partial charge on any atom is 0.224 e. The van der Waals surface area contributed by atoms with Gasteiger partial charge in [0, 0.05) is 26.9 Å². The number of hydrogen-bond donors (Lipinski definition) is 1. The molecule has 4 nitrogen and oxygen atoms in total. The average molecular weight is 323 g/mol. The van der Waals surface area contributed by atoms with Crippen LogP contribution in [-0.2, 0) is 9.59 Å². The van der Waals surface area contributed by atoms with Crippen molar-refractivity contribution in [2.45, 2.75) is 38.5 Å². The summed E-state index contributed by atoms with van der Waals surface area (Å²) >= 11 is 6.07. The monoisotopic (exact) mass is 322 g/mol. The second-order valence-corrected chi connectivity index (χ2v) is 6.78. The molecular formula is C17H23ClN2O2. The van der Waals surface area contributed by atoms with Crippen LogP contribution in [0.2, 0.25) is 5.02 Å². The summed E-state index contributed by atoms with van der Waals surface area (Å²) in [5.74, 6) is 0.0222. The molecule has 0 unspecified atom stereocenters. The Bertz CT molecular complexity index is 551. The summed E-state index contributed by atoms with van der Waals surface area (Å²) in [5.41, 5.74) is 0.424. The fourth-order valence-electron chi connectivity index (χ4n) is 3.12. The number of nitrogens with one attached hydrogen (secondary N) is 1. The van der Waals surface area contributed by atoms with E-state index in [-0.39, 0.29) is 17.2 Å². The van der Waals surface area contributed by atoms with Crippen molar-refractivity contribution < 1.29 is 9.59 Å². The minimum Gasteiger partial charge on any atom is -0.349 e. The third kappa shape index (κ3) is 4.23. The Morgan fingerprint density at radius 3 is 2.41 bits per heavy atom. The molecule has 0 aliphatic heterocycles. The fraction of sp³-hybridized carbons (Fsp3) is 0.529.